The fraction of sp³-hybridized carbons (Fsp3) is 0.167. The first-order valence-electron chi connectivity index (χ1n) is 5.43. The molecule has 0 bridgehead atoms. The van der Waals surface area contributed by atoms with Crippen LogP contribution in [0, 0.1) is 0 Å². The number of hydrogen-bond acceptors (Lipinski definition) is 4. The van der Waals surface area contributed by atoms with Crippen LogP contribution in [0.15, 0.2) is 36.7 Å². The van der Waals surface area contributed by atoms with Gasteiger partial charge in [0.15, 0.2) is 0 Å². The lowest BCUT2D eigenvalue weighted by Crippen LogP contribution is -2.06. The topological polar surface area (TPSA) is 63.8 Å². The molecule has 1 aromatic carbocycles. The van der Waals surface area contributed by atoms with E-state index in [4.69, 9.17) is 5.73 Å². The van der Waals surface area contributed by atoms with Crippen LogP contribution in [-0.2, 0) is 12.7 Å². The second-order valence-corrected chi connectivity index (χ2v) is 3.88. The maximum Gasteiger partial charge on any atom is 0.416 e. The van der Waals surface area contributed by atoms with Crippen LogP contribution in [0.25, 0.3) is 0 Å². The van der Waals surface area contributed by atoms with E-state index in [1.54, 1.807) is 0 Å². The summed E-state index contributed by atoms with van der Waals surface area (Å²) in [7, 11) is 0. The highest BCUT2D eigenvalue weighted by Crippen LogP contribution is 2.29. The smallest absolute Gasteiger partial charge is 0.382 e. The SMILES string of the molecule is Nc1cncc(NCc2ccc(C(F)(F)F)cc2)n1. The number of nitrogens with two attached hydrogens (primary N) is 1. The van der Waals surface area contributed by atoms with Gasteiger partial charge in [-0.3, -0.25) is 4.98 Å². The van der Waals surface area contributed by atoms with Gasteiger partial charge in [0.1, 0.15) is 11.6 Å². The minimum absolute atomic E-state index is 0.275. The summed E-state index contributed by atoms with van der Waals surface area (Å²) >= 11 is 0. The molecular formula is C12H11F3N4. The summed E-state index contributed by atoms with van der Waals surface area (Å²) in [4.78, 5) is 7.81. The third-order valence-corrected chi connectivity index (χ3v) is 2.41. The number of nitrogens with zero attached hydrogens (tertiary/aromatic N) is 2. The van der Waals surface area contributed by atoms with Crippen LogP contribution < -0.4 is 11.1 Å². The molecule has 0 fully saturated rings. The first-order valence-corrected chi connectivity index (χ1v) is 5.43. The highest BCUT2D eigenvalue weighted by atomic mass is 19.4. The number of nitrogen functional groups attached to an aromatic ring is 1. The van der Waals surface area contributed by atoms with E-state index < -0.39 is 11.7 Å². The molecule has 0 aliphatic carbocycles. The zero-order valence-electron chi connectivity index (χ0n) is 9.78. The number of alkyl halides is 3. The van der Waals surface area contributed by atoms with Gasteiger partial charge in [-0.1, -0.05) is 12.1 Å². The third kappa shape index (κ3) is 3.57. The second kappa shape index (κ2) is 5.13. The van der Waals surface area contributed by atoms with E-state index in [1.165, 1.54) is 24.5 Å². The van der Waals surface area contributed by atoms with E-state index in [0.29, 0.717) is 17.9 Å². The van der Waals surface area contributed by atoms with Gasteiger partial charge in [0.05, 0.1) is 18.0 Å². The van der Waals surface area contributed by atoms with E-state index >= 15 is 0 Å². The van der Waals surface area contributed by atoms with Gasteiger partial charge in [0.2, 0.25) is 0 Å². The molecule has 2 rings (SSSR count). The van der Waals surface area contributed by atoms with E-state index in [9.17, 15) is 13.2 Å². The molecule has 0 unspecified atom stereocenters. The summed E-state index contributed by atoms with van der Waals surface area (Å²) in [6, 6.07) is 4.91. The van der Waals surface area contributed by atoms with Crippen LogP contribution in [0.4, 0.5) is 24.8 Å². The minimum atomic E-state index is -4.31. The summed E-state index contributed by atoms with van der Waals surface area (Å²) in [5.74, 6) is 0.748. The van der Waals surface area contributed by atoms with Crippen molar-refractivity contribution in [3.63, 3.8) is 0 Å². The standard InChI is InChI=1S/C12H11F3N4/c13-12(14,15)9-3-1-8(2-4-9)5-18-11-7-17-6-10(16)19-11/h1-4,6-7H,5H2,(H3,16,18,19). The molecule has 0 radical (unpaired) electrons. The molecule has 0 atom stereocenters. The zero-order chi connectivity index (χ0) is 13.9. The molecule has 100 valence electrons. The molecular weight excluding hydrogens is 257 g/mol. The summed E-state index contributed by atoms with van der Waals surface area (Å²) in [6.45, 7) is 0.344. The molecule has 0 aliphatic heterocycles. The Morgan fingerprint density at radius 1 is 1.11 bits per heavy atom. The average molecular weight is 268 g/mol. The normalized spacial score (nSPS) is 11.3. The molecule has 3 N–H and O–H groups in total. The number of nitrogens with one attached hydrogen (secondary N) is 1. The maximum atomic E-state index is 12.4. The van der Waals surface area contributed by atoms with Crippen LogP contribution in [0.3, 0.4) is 0 Å². The first kappa shape index (κ1) is 13.1. The van der Waals surface area contributed by atoms with E-state index in [1.807, 2.05) is 0 Å². The number of halogens is 3. The van der Waals surface area contributed by atoms with Gasteiger partial charge in [-0.2, -0.15) is 13.2 Å². The van der Waals surface area contributed by atoms with Gasteiger partial charge in [0.25, 0.3) is 0 Å². The monoisotopic (exact) mass is 268 g/mol. The molecule has 4 nitrogen and oxygen atoms in total. The Hall–Kier alpha value is -2.31. The van der Waals surface area contributed by atoms with Crippen molar-refractivity contribution in [2.24, 2.45) is 0 Å². The second-order valence-electron chi connectivity index (χ2n) is 3.88. The van der Waals surface area contributed by atoms with Gasteiger partial charge in [-0.15, -0.1) is 0 Å². The summed E-state index contributed by atoms with van der Waals surface area (Å²) < 4.78 is 37.1. The molecule has 1 aromatic heterocycles. The first-order chi connectivity index (χ1) is 8.95. The number of hydrogen-bond donors (Lipinski definition) is 2. The molecule has 2 aromatic rings. The Bertz CT molecular complexity index is 552. The van der Waals surface area contributed by atoms with Crippen molar-refractivity contribution in [2.75, 3.05) is 11.1 Å². The van der Waals surface area contributed by atoms with Crippen molar-refractivity contribution in [1.29, 1.82) is 0 Å². The molecule has 0 saturated carbocycles. The van der Waals surface area contributed by atoms with Gasteiger partial charge in [-0.25, -0.2) is 4.98 Å². The number of rotatable bonds is 3. The lowest BCUT2D eigenvalue weighted by atomic mass is 10.1. The summed E-state index contributed by atoms with van der Waals surface area (Å²) in [5, 5.41) is 2.93. The number of benzene rings is 1. The highest BCUT2D eigenvalue weighted by Gasteiger charge is 2.29. The minimum Gasteiger partial charge on any atom is -0.382 e. The maximum absolute atomic E-state index is 12.4. The van der Waals surface area contributed by atoms with E-state index in [-0.39, 0.29) is 5.82 Å². The average Bonchev–Trinajstić information content (AvgIpc) is 2.36. The molecule has 0 amide bonds. The number of aromatic nitrogens is 2. The Balaban J connectivity index is 2.01. The molecule has 1 heterocycles. The molecule has 19 heavy (non-hydrogen) atoms. The van der Waals surface area contributed by atoms with Crippen LogP contribution in [0.1, 0.15) is 11.1 Å². The Labute approximate surface area is 107 Å². The van der Waals surface area contributed by atoms with Gasteiger partial charge >= 0.3 is 6.18 Å². The molecule has 0 aliphatic rings. The van der Waals surface area contributed by atoms with Crippen LogP contribution in [-0.4, -0.2) is 9.97 Å². The lowest BCUT2D eigenvalue weighted by Gasteiger charge is -2.08. The number of anilines is 2. The molecule has 7 heteroatoms. The Morgan fingerprint density at radius 3 is 2.37 bits per heavy atom. The largest absolute Gasteiger partial charge is 0.416 e. The third-order valence-electron chi connectivity index (χ3n) is 2.41. The fourth-order valence-electron chi connectivity index (χ4n) is 1.47. The van der Waals surface area contributed by atoms with E-state index in [0.717, 1.165) is 12.1 Å². The van der Waals surface area contributed by atoms with Crippen LogP contribution in [0.5, 0.6) is 0 Å². The zero-order valence-corrected chi connectivity index (χ0v) is 9.78. The van der Waals surface area contributed by atoms with Crippen LogP contribution >= 0.6 is 0 Å². The Kier molecular flexibility index (Phi) is 3.55. The molecule has 0 saturated heterocycles. The van der Waals surface area contributed by atoms with Crippen molar-refractivity contribution in [3.05, 3.63) is 47.8 Å². The van der Waals surface area contributed by atoms with Gasteiger partial charge < -0.3 is 11.1 Å². The predicted molar refractivity (Wildman–Crippen MR) is 65.2 cm³/mol. The van der Waals surface area contributed by atoms with Crippen molar-refractivity contribution in [3.8, 4) is 0 Å². The van der Waals surface area contributed by atoms with E-state index in [2.05, 4.69) is 15.3 Å². The molecule has 0 spiro atoms. The van der Waals surface area contributed by atoms with Gasteiger partial charge in [-0.05, 0) is 17.7 Å². The van der Waals surface area contributed by atoms with Crippen molar-refractivity contribution < 1.29 is 13.2 Å². The Morgan fingerprint density at radius 2 is 1.79 bits per heavy atom. The highest BCUT2D eigenvalue weighted by molar-refractivity contribution is 5.39. The summed E-state index contributed by atoms with van der Waals surface area (Å²) in [5.41, 5.74) is 5.50. The van der Waals surface area contributed by atoms with Crippen molar-refractivity contribution >= 4 is 11.6 Å². The van der Waals surface area contributed by atoms with Crippen LogP contribution in [0.2, 0.25) is 0 Å². The lowest BCUT2D eigenvalue weighted by molar-refractivity contribution is -0.137. The quantitative estimate of drug-likeness (QED) is 0.898. The van der Waals surface area contributed by atoms with Crippen molar-refractivity contribution in [2.45, 2.75) is 12.7 Å². The fourth-order valence-corrected chi connectivity index (χ4v) is 1.47. The van der Waals surface area contributed by atoms with Gasteiger partial charge in [0, 0.05) is 6.54 Å². The van der Waals surface area contributed by atoms with Crippen molar-refractivity contribution in [1.82, 2.24) is 9.97 Å². The summed E-state index contributed by atoms with van der Waals surface area (Å²) in [6.07, 6.45) is -1.42. The predicted octanol–water partition coefficient (Wildman–Crippen LogP) is 2.69.